The van der Waals surface area contributed by atoms with Crippen molar-refractivity contribution < 1.29 is 19.0 Å². The monoisotopic (exact) mass is 269 g/mol. The van der Waals surface area contributed by atoms with Gasteiger partial charge in [-0.05, 0) is 13.8 Å². The SMILES string of the molecule is CCOC(=O)c1nnc(C)n1CC1(OC)CCOC1. The largest absolute Gasteiger partial charge is 0.460 e. The third-order valence-electron chi connectivity index (χ3n) is 3.34. The average Bonchev–Trinajstić information content (AvgIpc) is 2.99. The zero-order valence-electron chi connectivity index (χ0n) is 11.5. The quantitative estimate of drug-likeness (QED) is 0.727. The lowest BCUT2D eigenvalue weighted by atomic mass is 10.0. The predicted molar refractivity (Wildman–Crippen MR) is 65.9 cm³/mol. The summed E-state index contributed by atoms with van der Waals surface area (Å²) in [6.07, 6.45) is 0.781. The fourth-order valence-corrected chi connectivity index (χ4v) is 2.14. The van der Waals surface area contributed by atoms with Crippen LogP contribution in [0.4, 0.5) is 0 Å². The molecule has 0 spiro atoms. The number of nitrogens with zero attached hydrogens (tertiary/aromatic N) is 3. The maximum Gasteiger partial charge on any atom is 0.376 e. The molecule has 1 aromatic heterocycles. The summed E-state index contributed by atoms with van der Waals surface area (Å²) >= 11 is 0. The molecule has 0 bridgehead atoms. The van der Waals surface area contributed by atoms with Gasteiger partial charge in [0.1, 0.15) is 11.4 Å². The standard InChI is InChI=1S/C12H19N3O4/c1-4-19-11(16)10-14-13-9(2)15(10)7-12(17-3)5-6-18-8-12/h4-8H2,1-3H3. The Hall–Kier alpha value is -1.47. The van der Waals surface area contributed by atoms with Gasteiger partial charge in [-0.1, -0.05) is 0 Å². The van der Waals surface area contributed by atoms with Crippen LogP contribution in [-0.2, 0) is 20.8 Å². The Labute approximate surface area is 111 Å². The zero-order valence-corrected chi connectivity index (χ0v) is 11.5. The number of hydrogen-bond acceptors (Lipinski definition) is 6. The van der Waals surface area contributed by atoms with Crippen LogP contribution in [0.1, 0.15) is 29.8 Å². The highest BCUT2D eigenvalue weighted by atomic mass is 16.6. The van der Waals surface area contributed by atoms with Gasteiger partial charge in [0, 0.05) is 20.1 Å². The topological polar surface area (TPSA) is 75.5 Å². The van der Waals surface area contributed by atoms with E-state index >= 15 is 0 Å². The molecule has 7 heteroatoms. The molecule has 2 rings (SSSR count). The highest BCUT2D eigenvalue weighted by Gasteiger charge is 2.37. The van der Waals surface area contributed by atoms with Crippen LogP contribution in [-0.4, -0.2) is 53.3 Å². The molecule has 1 saturated heterocycles. The summed E-state index contributed by atoms with van der Waals surface area (Å²) in [6.45, 7) is 5.51. The van der Waals surface area contributed by atoms with Gasteiger partial charge in [-0.25, -0.2) is 4.79 Å². The van der Waals surface area contributed by atoms with Gasteiger partial charge in [-0.3, -0.25) is 0 Å². The Kier molecular flexibility index (Phi) is 4.16. The first-order valence-corrected chi connectivity index (χ1v) is 6.32. The minimum atomic E-state index is -0.465. The van der Waals surface area contributed by atoms with Crippen molar-refractivity contribution in [2.24, 2.45) is 0 Å². The molecule has 0 N–H and O–H groups in total. The summed E-state index contributed by atoms with van der Waals surface area (Å²) in [4.78, 5) is 11.8. The Morgan fingerprint density at radius 2 is 2.32 bits per heavy atom. The second-order valence-corrected chi connectivity index (χ2v) is 4.57. The Balaban J connectivity index is 2.24. The molecule has 7 nitrogen and oxygen atoms in total. The predicted octanol–water partition coefficient (Wildman–Crippen LogP) is 0.569. The van der Waals surface area contributed by atoms with Gasteiger partial charge in [-0.2, -0.15) is 0 Å². The van der Waals surface area contributed by atoms with Crippen molar-refractivity contribution in [2.45, 2.75) is 32.4 Å². The third kappa shape index (κ3) is 2.76. The van der Waals surface area contributed by atoms with E-state index in [1.54, 1.807) is 25.5 Å². The van der Waals surface area contributed by atoms with Crippen LogP contribution in [0.5, 0.6) is 0 Å². The second kappa shape index (κ2) is 5.66. The number of aromatic nitrogens is 3. The highest BCUT2D eigenvalue weighted by Crippen LogP contribution is 2.25. The molecular weight excluding hydrogens is 250 g/mol. The van der Waals surface area contributed by atoms with E-state index in [0.717, 1.165) is 6.42 Å². The van der Waals surface area contributed by atoms with Crippen molar-refractivity contribution in [3.63, 3.8) is 0 Å². The molecule has 2 heterocycles. The van der Waals surface area contributed by atoms with Gasteiger partial charge < -0.3 is 18.8 Å². The number of hydrogen-bond donors (Lipinski definition) is 0. The number of esters is 1. The summed E-state index contributed by atoms with van der Waals surface area (Å²) in [7, 11) is 1.65. The van der Waals surface area contributed by atoms with Gasteiger partial charge >= 0.3 is 5.97 Å². The molecule has 1 aliphatic heterocycles. The molecule has 1 atom stereocenters. The number of methoxy groups -OCH3 is 1. The maximum absolute atomic E-state index is 11.8. The van der Waals surface area contributed by atoms with Crippen LogP contribution < -0.4 is 0 Å². The van der Waals surface area contributed by atoms with E-state index in [2.05, 4.69) is 10.2 Å². The van der Waals surface area contributed by atoms with Crippen molar-refractivity contribution in [2.75, 3.05) is 26.9 Å². The van der Waals surface area contributed by atoms with E-state index in [1.807, 2.05) is 0 Å². The van der Waals surface area contributed by atoms with Crippen LogP contribution in [0.3, 0.4) is 0 Å². The van der Waals surface area contributed by atoms with Crippen molar-refractivity contribution in [1.29, 1.82) is 0 Å². The smallest absolute Gasteiger partial charge is 0.376 e. The van der Waals surface area contributed by atoms with Crippen molar-refractivity contribution in [1.82, 2.24) is 14.8 Å². The Bertz CT molecular complexity index is 452. The van der Waals surface area contributed by atoms with Gasteiger partial charge in [-0.15, -0.1) is 10.2 Å². The third-order valence-corrected chi connectivity index (χ3v) is 3.34. The summed E-state index contributed by atoms with van der Waals surface area (Å²) in [5.41, 5.74) is -0.422. The molecule has 1 fully saturated rings. The van der Waals surface area contributed by atoms with E-state index in [4.69, 9.17) is 14.2 Å². The normalized spacial score (nSPS) is 22.7. The molecular formula is C12H19N3O4. The molecule has 0 radical (unpaired) electrons. The first-order valence-electron chi connectivity index (χ1n) is 6.32. The van der Waals surface area contributed by atoms with Crippen molar-refractivity contribution >= 4 is 5.97 Å². The molecule has 1 aliphatic rings. The van der Waals surface area contributed by atoms with Crippen molar-refractivity contribution in [3.8, 4) is 0 Å². The lowest BCUT2D eigenvalue weighted by Gasteiger charge is -2.26. The molecule has 1 aromatic rings. The van der Waals surface area contributed by atoms with Crippen LogP contribution in [0.2, 0.25) is 0 Å². The molecule has 0 aromatic carbocycles. The van der Waals surface area contributed by atoms with Gasteiger partial charge in [0.05, 0.1) is 19.8 Å². The number of rotatable bonds is 5. The fourth-order valence-electron chi connectivity index (χ4n) is 2.14. The first kappa shape index (κ1) is 14.0. The zero-order chi connectivity index (χ0) is 13.9. The van der Waals surface area contributed by atoms with Crippen LogP contribution >= 0.6 is 0 Å². The molecule has 0 saturated carbocycles. The number of carbonyl (C=O) groups is 1. The van der Waals surface area contributed by atoms with Gasteiger partial charge in [0.2, 0.25) is 5.82 Å². The molecule has 0 aliphatic carbocycles. The van der Waals surface area contributed by atoms with Crippen molar-refractivity contribution in [3.05, 3.63) is 11.6 Å². The summed E-state index contributed by atoms with van der Waals surface area (Å²) in [5.74, 6) is 0.405. The van der Waals surface area contributed by atoms with E-state index < -0.39 is 11.6 Å². The van der Waals surface area contributed by atoms with E-state index in [-0.39, 0.29) is 5.82 Å². The Morgan fingerprint density at radius 3 is 2.89 bits per heavy atom. The summed E-state index contributed by atoms with van der Waals surface area (Å²) < 4.78 is 17.7. The first-order chi connectivity index (χ1) is 9.12. The fraction of sp³-hybridized carbons (Fsp3) is 0.750. The highest BCUT2D eigenvalue weighted by molar-refractivity contribution is 5.85. The van der Waals surface area contributed by atoms with Gasteiger partial charge in [0.15, 0.2) is 0 Å². The molecule has 106 valence electrons. The maximum atomic E-state index is 11.8. The van der Waals surface area contributed by atoms with Crippen LogP contribution in [0.25, 0.3) is 0 Å². The minimum absolute atomic E-state index is 0.211. The number of aryl methyl sites for hydroxylation is 1. The van der Waals surface area contributed by atoms with Gasteiger partial charge in [0.25, 0.3) is 0 Å². The summed E-state index contributed by atoms with van der Waals surface area (Å²) in [5, 5.41) is 7.83. The van der Waals surface area contributed by atoms with Crippen LogP contribution in [0.15, 0.2) is 0 Å². The molecule has 0 amide bonds. The lowest BCUT2D eigenvalue weighted by Crippen LogP contribution is -2.38. The average molecular weight is 269 g/mol. The molecule has 19 heavy (non-hydrogen) atoms. The Morgan fingerprint density at radius 1 is 1.53 bits per heavy atom. The summed E-state index contributed by atoms with van der Waals surface area (Å²) in [6, 6.07) is 0. The van der Waals surface area contributed by atoms with E-state index in [9.17, 15) is 4.79 Å². The number of ether oxygens (including phenoxy) is 3. The molecule has 1 unspecified atom stereocenters. The second-order valence-electron chi connectivity index (χ2n) is 4.57. The van der Waals surface area contributed by atoms with E-state index in [1.165, 1.54) is 0 Å². The minimum Gasteiger partial charge on any atom is -0.460 e. The van der Waals surface area contributed by atoms with E-state index in [0.29, 0.717) is 32.2 Å². The lowest BCUT2D eigenvalue weighted by molar-refractivity contribution is -0.0305. The van der Waals surface area contributed by atoms with Crippen LogP contribution in [0, 0.1) is 6.92 Å². The number of carbonyl (C=O) groups excluding carboxylic acids is 1.